The highest BCUT2D eigenvalue weighted by molar-refractivity contribution is 7.92. The van der Waals surface area contributed by atoms with Gasteiger partial charge in [0.2, 0.25) is 16.0 Å². The number of hydrogen-bond donors (Lipinski definition) is 3. The molecule has 0 radical (unpaired) electrons. The maximum atomic E-state index is 13.8. The fraction of sp³-hybridized carbons (Fsp3) is 0.250. The molecule has 0 saturated carbocycles. The number of nitrogens with one attached hydrogen (secondary N) is 3. The number of aromatic nitrogens is 4. The molecule has 3 N–H and O–H groups in total. The SMILES string of the molecule is [2H]C([2H])([2H])NC(=O)c1ccc(Nc2ncc(C(F)(F)F)c(NC([2H])([2H])c3nccnc3N(C([2H])([2H])[2H])S(C)(=O)=O)n2)cc1. The average molecular weight is 519 g/mol. The molecule has 0 aliphatic rings. The Morgan fingerprint density at radius 3 is 2.51 bits per heavy atom. The van der Waals surface area contributed by atoms with Gasteiger partial charge in [-0.3, -0.25) is 14.1 Å². The number of benzene rings is 1. The average Bonchev–Trinajstić information content (AvgIpc) is 2.81. The molecule has 15 heteroatoms. The predicted molar refractivity (Wildman–Crippen MR) is 123 cm³/mol. The molecule has 2 aromatic heterocycles. The normalized spacial score (nSPS) is 16.1. The van der Waals surface area contributed by atoms with Crippen molar-refractivity contribution in [1.82, 2.24) is 25.3 Å². The smallest absolute Gasteiger partial charge is 0.364 e. The molecule has 35 heavy (non-hydrogen) atoms. The summed E-state index contributed by atoms with van der Waals surface area (Å²) >= 11 is 0. The molecule has 0 atom stereocenters. The molecule has 1 amide bonds. The molecule has 3 rings (SSSR count). The quantitative estimate of drug-likeness (QED) is 0.410. The van der Waals surface area contributed by atoms with Crippen molar-refractivity contribution in [2.75, 3.05) is 35.1 Å². The Kier molecular flexibility index (Phi) is 4.78. The fourth-order valence-electron chi connectivity index (χ4n) is 2.49. The molecule has 0 spiro atoms. The summed E-state index contributed by atoms with van der Waals surface area (Å²) in [5.41, 5.74) is -2.44. The molecular weight excluding hydrogens is 489 g/mol. The summed E-state index contributed by atoms with van der Waals surface area (Å²) in [4.78, 5) is 26.5. The molecule has 0 fully saturated rings. The molecule has 186 valence electrons. The van der Waals surface area contributed by atoms with Crippen LogP contribution in [0.5, 0.6) is 0 Å². The third-order valence-electron chi connectivity index (χ3n) is 4.11. The molecule has 1 aromatic carbocycles. The molecule has 3 aromatic rings. The molecule has 0 aliphatic heterocycles. The minimum absolute atomic E-state index is 0.0504. The fourth-order valence-corrected chi connectivity index (χ4v) is 2.94. The molecule has 2 heterocycles. The van der Waals surface area contributed by atoms with Crippen molar-refractivity contribution >= 4 is 39.2 Å². The van der Waals surface area contributed by atoms with Gasteiger partial charge >= 0.3 is 6.18 Å². The van der Waals surface area contributed by atoms with Crippen molar-refractivity contribution in [3.8, 4) is 0 Å². The van der Waals surface area contributed by atoms with Crippen molar-refractivity contribution in [1.29, 1.82) is 0 Å². The van der Waals surface area contributed by atoms with Crippen LogP contribution in [-0.2, 0) is 22.7 Å². The van der Waals surface area contributed by atoms with E-state index in [9.17, 15) is 26.4 Å². The lowest BCUT2D eigenvalue weighted by molar-refractivity contribution is -0.137. The van der Waals surface area contributed by atoms with Crippen LogP contribution in [0.15, 0.2) is 42.9 Å². The van der Waals surface area contributed by atoms with Crippen LogP contribution in [0.2, 0.25) is 0 Å². The predicted octanol–water partition coefficient (Wildman–Crippen LogP) is 2.40. The maximum Gasteiger partial charge on any atom is 0.421 e. The summed E-state index contributed by atoms with van der Waals surface area (Å²) in [5.74, 6) is -3.56. The number of rotatable bonds is 8. The van der Waals surface area contributed by atoms with E-state index < -0.39 is 71.4 Å². The van der Waals surface area contributed by atoms with Crippen LogP contribution in [-0.4, -0.2) is 54.5 Å². The summed E-state index contributed by atoms with van der Waals surface area (Å²) in [5, 5.41) is 6.22. The maximum absolute atomic E-state index is 13.8. The molecule has 0 unspecified atom stereocenters. The van der Waals surface area contributed by atoms with Crippen molar-refractivity contribution in [2.24, 2.45) is 0 Å². The second-order valence-electron chi connectivity index (χ2n) is 6.62. The largest absolute Gasteiger partial charge is 0.421 e. The minimum Gasteiger partial charge on any atom is -0.364 e. The molecule has 0 aliphatic carbocycles. The first-order valence-corrected chi connectivity index (χ1v) is 11.1. The summed E-state index contributed by atoms with van der Waals surface area (Å²) in [6.45, 7) is -9.33. The highest BCUT2D eigenvalue weighted by Gasteiger charge is 2.35. The molecule has 0 bridgehead atoms. The van der Waals surface area contributed by atoms with Crippen LogP contribution < -0.4 is 20.3 Å². The summed E-state index contributed by atoms with van der Waals surface area (Å²) in [6, 6.07) is 4.95. The van der Waals surface area contributed by atoms with Gasteiger partial charge in [-0.1, -0.05) is 0 Å². The van der Waals surface area contributed by atoms with Crippen LogP contribution in [0.3, 0.4) is 0 Å². The third-order valence-corrected chi connectivity index (χ3v) is 4.95. The monoisotopic (exact) mass is 518 g/mol. The van der Waals surface area contributed by atoms with Gasteiger partial charge in [0.15, 0.2) is 5.82 Å². The third kappa shape index (κ3) is 6.32. The topological polar surface area (TPSA) is 142 Å². The van der Waals surface area contributed by atoms with Crippen LogP contribution in [0.4, 0.5) is 36.4 Å². The van der Waals surface area contributed by atoms with E-state index in [1.165, 1.54) is 24.3 Å². The van der Waals surface area contributed by atoms with E-state index in [1.54, 1.807) is 5.32 Å². The van der Waals surface area contributed by atoms with E-state index in [0.717, 1.165) is 12.4 Å². The van der Waals surface area contributed by atoms with Gasteiger partial charge in [-0.05, 0) is 24.3 Å². The lowest BCUT2D eigenvalue weighted by Gasteiger charge is -2.19. The number of anilines is 4. The van der Waals surface area contributed by atoms with Crippen molar-refractivity contribution in [3.63, 3.8) is 0 Å². The van der Waals surface area contributed by atoms with E-state index in [1.807, 2.05) is 5.32 Å². The van der Waals surface area contributed by atoms with E-state index >= 15 is 0 Å². The Morgan fingerprint density at radius 2 is 1.89 bits per heavy atom. The standard InChI is InChI=1S/C20H21F3N8O3S/c1-24-18(32)12-4-6-13(7-5-12)29-19-28-10-14(20(21,22)23)16(30-19)27-11-15-17(26-9-8-25-15)31(2)35(3,33)34/h4-10H,11H2,1-3H3,(H,24,32)(H2,27,28,29,30)/i1D3,2D3,11D2. The van der Waals surface area contributed by atoms with Crippen LogP contribution in [0.25, 0.3) is 0 Å². The van der Waals surface area contributed by atoms with Gasteiger partial charge in [0.25, 0.3) is 5.91 Å². The van der Waals surface area contributed by atoms with Crippen LogP contribution >= 0.6 is 0 Å². The molecule has 0 saturated heterocycles. The van der Waals surface area contributed by atoms with E-state index in [0.29, 0.717) is 12.5 Å². The number of nitrogens with zero attached hydrogens (tertiary/aromatic N) is 5. The zero-order valence-electron chi connectivity index (χ0n) is 25.5. The summed E-state index contributed by atoms with van der Waals surface area (Å²) in [7, 11) is -4.62. The van der Waals surface area contributed by atoms with Crippen molar-refractivity contribution in [3.05, 3.63) is 59.7 Å². The summed E-state index contributed by atoms with van der Waals surface area (Å²) in [6.07, 6.45) is -2.54. The lowest BCUT2D eigenvalue weighted by atomic mass is 10.2. The Balaban J connectivity index is 2.01. The van der Waals surface area contributed by atoms with E-state index in [-0.39, 0.29) is 15.6 Å². The van der Waals surface area contributed by atoms with Gasteiger partial charge in [0.05, 0.1) is 15.5 Å². The number of sulfonamides is 1. The highest BCUT2D eigenvalue weighted by Crippen LogP contribution is 2.34. The zero-order valence-corrected chi connectivity index (χ0v) is 18.4. The van der Waals surface area contributed by atoms with Gasteiger partial charge in [0, 0.05) is 52.0 Å². The lowest BCUT2D eigenvalue weighted by Crippen LogP contribution is -2.27. The van der Waals surface area contributed by atoms with Gasteiger partial charge in [-0.25, -0.2) is 18.4 Å². The first-order valence-electron chi connectivity index (χ1n) is 13.2. The Morgan fingerprint density at radius 1 is 1.17 bits per heavy atom. The van der Waals surface area contributed by atoms with Gasteiger partial charge < -0.3 is 16.0 Å². The zero-order chi connectivity index (χ0) is 32.6. The van der Waals surface area contributed by atoms with Gasteiger partial charge in [-0.15, -0.1) is 0 Å². The second kappa shape index (κ2) is 10.1. The van der Waals surface area contributed by atoms with Crippen molar-refractivity contribution in [2.45, 2.75) is 12.7 Å². The van der Waals surface area contributed by atoms with Crippen LogP contribution in [0.1, 0.15) is 32.6 Å². The highest BCUT2D eigenvalue weighted by atomic mass is 32.2. The summed E-state index contributed by atoms with van der Waals surface area (Å²) < 4.78 is 127. The number of alkyl halides is 3. The Labute approximate surface area is 210 Å². The molecular formula is C20H21F3N8O3S. The van der Waals surface area contributed by atoms with Crippen molar-refractivity contribution < 1.29 is 37.3 Å². The van der Waals surface area contributed by atoms with Crippen LogP contribution in [0, 0.1) is 0 Å². The van der Waals surface area contributed by atoms with Gasteiger partial charge in [-0.2, -0.15) is 18.2 Å². The number of carbonyl (C=O) groups is 1. The van der Waals surface area contributed by atoms with E-state index in [2.05, 4.69) is 25.3 Å². The number of halogens is 3. The first-order chi connectivity index (χ1) is 19.5. The first kappa shape index (κ1) is 16.6. The minimum atomic E-state index is -5.11. The Bertz CT molecular complexity index is 1600. The van der Waals surface area contributed by atoms with Gasteiger partial charge in [0.1, 0.15) is 17.1 Å². The number of carbonyl (C=O) groups excluding carboxylic acids is 1. The number of amides is 1. The second-order valence-corrected chi connectivity index (χ2v) is 8.45. The Hall–Kier alpha value is -4.01. The van der Waals surface area contributed by atoms with E-state index in [4.69, 9.17) is 11.0 Å². The molecule has 11 nitrogen and oxygen atoms in total. The number of hydrogen-bond acceptors (Lipinski definition) is 9.